The monoisotopic (exact) mass is 428 g/mol. The summed E-state index contributed by atoms with van der Waals surface area (Å²) in [6.45, 7) is 2.24. The van der Waals surface area contributed by atoms with Gasteiger partial charge in [0.1, 0.15) is 5.75 Å². The highest BCUT2D eigenvalue weighted by molar-refractivity contribution is 6.11. The summed E-state index contributed by atoms with van der Waals surface area (Å²) in [5, 5.41) is 1.95. The van der Waals surface area contributed by atoms with Crippen LogP contribution in [-0.4, -0.2) is 60.7 Å². The van der Waals surface area contributed by atoms with Crippen molar-refractivity contribution in [3.8, 4) is 16.9 Å². The molecule has 3 aliphatic heterocycles. The molecule has 1 atom stereocenters. The van der Waals surface area contributed by atoms with Crippen LogP contribution in [0.3, 0.4) is 0 Å². The molecule has 2 amide bonds. The van der Waals surface area contributed by atoms with Crippen molar-refractivity contribution in [1.82, 2.24) is 9.80 Å². The minimum absolute atomic E-state index is 0.0234. The van der Waals surface area contributed by atoms with Crippen LogP contribution >= 0.6 is 0 Å². The summed E-state index contributed by atoms with van der Waals surface area (Å²) in [4.78, 5) is 28.8. The molecule has 0 aliphatic carbocycles. The van der Waals surface area contributed by atoms with E-state index in [1.165, 1.54) is 5.56 Å². The lowest BCUT2D eigenvalue weighted by Gasteiger charge is -2.22. The summed E-state index contributed by atoms with van der Waals surface area (Å²) in [6, 6.07) is 18.3. The molecule has 0 saturated carbocycles. The standard InChI is InChI=1S/C26H24N2O4/c1-27-15-26(32-25(27)30)12-13-28(16-26)24(29)22-10-4-6-18-19(7-3-8-20(18)22)21-9-2-5-17-11-14-31-23(17)21/h2-10H,11-16H2,1H3. The van der Waals surface area contributed by atoms with Gasteiger partial charge in [-0.15, -0.1) is 0 Å². The summed E-state index contributed by atoms with van der Waals surface area (Å²) in [5.74, 6) is 0.926. The highest BCUT2D eigenvalue weighted by atomic mass is 16.6. The maximum atomic E-state index is 13.5. The number of carbonyl (C=O) groups is 2. The van der Waals surface area contributed by atoms with Gasteiger partial charge in [0, 0.05) is 37.6 Å². The normalized spacial score (nSPS) is 21.8. The van der Waals surface area contributed by atoms with Crippen molar-refractivity contribution in [3.63, 3.8) is 0 Å². The molecule has 0 aromatic heterocycles. The predicted molar refractivity (Wildman–Crippen MR) is 121 cm³/mol. The van der Waals surface area contributed by atoms with Crippen LogP contribution in [0.25, 0.3) is 21.9 Å². The van der Waals surface area contributed by atoms with Crippen LogP contribution in [0.1, 0.15) is 22.3 Å². The lowest BCUT2D eigenvalue weighted by Crippen LogP contribution is -2.39. The molecule has 162 valence electrons. The maximum Gasteiger partial charge on any atom is 0.410 e. The maximum absolute atomic E-state index is 13.5. The van der Waals surface area contributed by atoms with E-state index in [2.05, 4.69) is 30.3 Å². The van der Waals surface area contributed by atoms with E-state index in [9.17, 15) is 9.59 Å². The zero-order valence-corrected chi connectivity index (χ0v) is 18.0. The van der Waals surface area contributed by atoms with E-state index >= 15 is 0 Å². The van der Waals surface area contributed by atoms with Gasteiger partial charge in [0.05, 0.1) is 19.7 Å². The number of likely N-dealkylation sites (N-methyl/N-ethyl adjacent to an activating group) is 1. The number of hydrogen-bond acceptors (Lipinski definition) is 4. The number of nitrogens with zero attached hydrogens (tertiary/aromatic N) is 2. The van der Waals surface area contributed by atoms with Crippen LogP contribution in [-0.2, 0) is 11.2 Å². The van der Waals surface area contributed by atoms with Gasteiger partial charge >= 0.3 is 6.09 Å². The van der Waals surface area contributed by atoms with Crippen LogP contribution in [0.4, 0.5) is 4.79 Å². The van der Waals surface area contributed by atoms with Gasteiger partial charge in [0.25, 0.3) is 5.91 Å². The highest BCUT2D eigenvalue weighted by Gasteiger charge is 2.49. The van der Waals surface area contributed by atoms with Crippen LogP contribution < -0.4 is 4.74 Å². The summed E-state index contributed by atoms with van der Waals surface area (Å²) in [7, 11) is 1.73. The van der Waals surface area contributed by atoms with Crippen molar-refractivity contribution in [1.29, 1.82) is 0 Å². The average molecular weight is 428 g/mol. The number of hydrogen-bond donors (Lipinski definition) is 0. The molecule has 3 heterocycles. The molecule has 3 aliphatic rings. The fourth-order valence-corrected chi connectivity index (χ4v) is 5.35. The summed E-state index contributed by atoms with van der Waals surface area (Å²) in [6.07, 6.45) is 1.28. The van der Waals surface area contributed by atoms with E-state index in [1.807, 2.05) is 29.2 Å². The molecule has 6 nitrogen and oxygen atoms in total. The first-order valence-electron chi connectivity index (χ1n) is 11.0. The van der Waals surface area contributed by atoms with Crippen LogP contribution in [0, 0.1) is 0 Å². The Kier molecular flexibility index (Phi) is 4.18. The molecule has 0 radical (unpaired) electrons. The van der Waals surface area contributed by atoms with Gasteiger partial charge in [0.15, 0.2) is 5.60 Å². The Bertz CT molecular complexity index is 1270. The van der Waals surface area contributed by atoms with Crippen LogP contribution in [0.5, 0.6) is 5.75 Å². The second-order valence-electron chi connectivity index (χ2n) is 8.98. The predicted octanol–water partition coefficient (Wildman–Crippen LogP) is 4.11. The molecule has 1 unspecified atom stereocenters. The van der Waals surface area contributed by atoms with E-state index in [4.69, 9.17) is 9.47 Å². The third-order valence-electron chi connectivity index (χ3n) is 6.90. The number of fused-ring (bicyclic) bond motifs is 2. The van der Waals surface area contributed by atoms with Crippen molar-refractivity contribution in [3.05, 3.63) is 65.7 Å². The quantitative estimate of drug-likeness (QED) is 0.617. The first-order valence-corrected chi connectivity index (χ1v) is 11.0. The Labute approximate surface area is 186 Å². The van der Waals surface area contributed by atoms with Crippen molar-refractivity contribution in [2.75, 3.05) is 33.3 Å². The third kappa shape index (κ3) is 2.86. The Morgan fingerprint density at radius 1 is 0.969 bits per heavy atom. The van der Waals surface area contributed by atoms with Gasteiger partial charge in [-0.25, -0.2) is 4.79 Å². The van der Waals surface area contributed by atoms with Crippen molar-refractivity contribution < 1.29 is 19.1 Å². The van der Waals surface area contributed by atoms with Gasteiger partial charge in [-0.3, -0.25) is 4.79 Å². The third-order valence-corrected chi connectivity index (χ3v) is 6.90. The molecule has 3 aromatic carbocycles. The van der Waals surface area contributed by atoms with Gasteiger partial charge in [-0.1, -0.05) is 48.5 Å². The van der Waals surface area contributed by atoms with E-state index in [1.54, 1.807) is 11.9 Å². The van der Waals surface area contributed by atoms with Crippen LogP contribution in [0.2, 0.25) is 0 Å². The Balaban J connectivity index is 1.38. The number of likely N-dealkylation sites (tertiary alicyclic amines) is 1. The van der Waals surface area contributed by atoms with Crippen molar-refractivity contribution in [2.24, 2.45) is 0 Å². The molecule has 3 aromatic rings. The fourth-order valence-electron chi connectivity index (χ4n) is 5.35. The Hall–Kier alpha value is -3.54. The molecule has 6 heteroatoms. The van der Waals surface area contributed by atoms with Crippen molar-refractivity contribution >= 4 is 22.8 Å². The minimum atomic E-state index is -0.584. The number of rotatable bonds is 2. The number of benzene rings is 3. The Morgan fingerprint density at radius 3 is 2.59 bits per heavy atom. The second kappa shape index (κ2) is 6.99. The number of para-hydroxylation sites is 1. The summed E-state index contributed by atoms with van der Waals surface area (Å²) >= 11 is 0. The lowest BCUT2D eigenvalue weighted by atomic mass is 9.93. The Morgan fingerprint density at radius 2 is 1.75 bits per heavy atom. The van der Waals surface area contributed by atoms with E-state index < -0.39 is 5.60 Å². The zero-order valence-electron chi connectivity index (χ0n) is 18.0. The average Bonchev–Trinajstić information content (AvgIpc) is 3.51. The number of carbonyl (C=O) groups excluding carboxylic acids is 2. The van der Waals surface area contributed by atoms with E-state index in [0.717, 1.165) is 34.1 Å². The molecule has 6 rings (SSSR count). The zero-order chi connectivity index (χ0) is 21.9. The molecule has 0 bridgehead atoms. The van der Waals surface area contributed by atoms with Crippen LogP contribution in [0.15, 0.2) is 54.6 Å². The molecule has 2 fully saturated rings. The molecule has 32 heavy (non-hydrogen) atoms. The SMILES string of the molecule is CN1CC2(CCN(C(=O)c3cccc4c(-c5cccc6c5OCC6)cccc34)C2)OC1=O. The minimum Gasteiger partial charge on any atom is -0.492 e. The van der Waals surface area contributed by atoms with Gasteiger partial charge < -0.3 is 19.3 Å². The molecule has 2 saturated heterocycles. The van der Waals surface area contributed by atoms with Crippen molar-refractivity contribution in [2.45, 2.75) is 18.4 Å². The first kappa shape index (κ1) is 19.2. The van der Waals surface area contributed by atoms with Gasteiger partial charge in [0.2, 0.25) is 0 Å². The summed E-state index contributed by atoms with van der Waals surface area (Å²) < 4.78 is 11.6. The molecular formula is C26H24N2O4. The summed E-state index contributed by atoms with van der Waals surface area (Å²) in [5.41, 5.74) is 3.45. The lowest BCUT2D eigenvalue weighted by molar-refractivity contribution is 0.0554. The fraction of sp³-hybridized carbons (Fsp3) is 0.308. The molecule has 1 spiro atoms. The number of ether oxygens (including phenoxy) is 2. The number of amides is 2. The molecule has 0 N–H and O–H groups in total. The van der Waals surface area contributed by atoms with Gasteiger partial charge in [-0.05, 0) is 28.0 Å². The van der Waals surface area contributed by atoms with E-state index in [0.29, 0.717) is 38.2 Å². The topological polar surface area (TPSA) is 59.1 Å². The van der Waals surface area contributed by atoms with Gasteiger partial charge in [-0.2, -0.15) is 0 Å². The molecular weight excluding hydrogens is 404 g/mol. The second-order valence-corrected chi connectivity index (χ2v) is 8.98. The first-order chi connectivity index (χ1) is 15.5. The largest absolute Gasteiger partial charge is 0.492 e. The van der Waals surface area contributed by atoms with E-state index in [-0.39, 0.29) is 12.0 Å². The highest BCUT2D eigenvalue weighted by Crippen LogP contribution is 2.40. The smallest absolute Gasteiger partial charge is 0.410 e.